The number of aliphatic imine (C=N–C) groups is 1. The van der Waals surface area contributed by atoms with Gasteiger partial charge in [0.1, 0.15) is 0 Å². The summed E-state index contributed by atoms with van der Waals surface area (Å²) in [4.78, 5) is 4.54. The van der Waals surface area contributed by atoms with Gasteiger partial charge < -0.3 is 0 Å². The second kappa shape index (κ2) is 6.18. The van der Waals surface area contributed by atoms with Crippen LogP contribution in [0.5, 0.6) is 0 Å². The van der Waals surface area contributed by atoms with Crippen molar-refractivity contribution in [3.8, 4) is 0 Å². The van der Waals surface area contributed by atoms with Crippen LogP contribution >= 0.6 is 0 Å². The molecule has 1 heteroatoms. The number of hydrogen-bond acceptors (Lipinski definition) is 1. The number of unbranched alkanes of at least 4 members (excludes halogenated alkanes) is 1. The lowest BCUT2D eigenvalue weighted by atomic mass is 10.1. The van der Waals surface area contributed by atoms with Crippen LogP contribution in [0.3, 0.4) is 0 Å². The van der Waals surface area contributed by atoms with Crippen LogP contribution in [0, 0.1) is 0 Å². The summed E-state index contributed by atoms with van der Waals surface area (Å²) in [7, 11) is 0. The monoisotopic (exact) mass is 201 g/mol. The van der Waals surface area contributed by atoms with Gasteiger partial charge in [0.15, 0.2) is 0 Å². The largest absolute Gasteiger partial charge is 0.261 e. The predicted molar refractivity (Wildman–Crippen MR) is 68.1 cm³/mol. The van der Waals surface area contributed by atoms with Crippen LogP contribution in [-0.2, 0) is 0 Å². The van der Waals surface area contributed by atoms with E-state index in [1.807, 2.05) is 24.4 Å². The molecule has 0 aliphatic heterocycles. The predicted octanol–water partition coefficient (Wildman–Crippen LogP) is 4.31. The van der Waals surface area contributed by atoms with Crippen molar-refractivity contribution in [1.29, 1.82) is 0 Å². The third-order valence-corrected chi connectivity index (χ3v) is 2.16. The van der Waals surface area contributed by atoms with Crippen LogP contribution in [0.25, 0.3) is 5.70 Å². The van der Waals surface area contributed by atoms with E-state index >= 15 is 0 Å². The first-order chi connectivity index (χ1) is 7.25. The van der Waals surface area contributed by atoms with Crippen molar-refractivity contribution in [1.82, 2.24) is 0 Å². The van der Waals surface area contributed by atoms with E-state index in [9.17, 15) is 0 Å². The van der Waals surface area contributed by atoms with Crippen LogP contribution in [0.4, 0.5) is 0 Å². The number of nitrogens with zero attached hydrogens (tertiary/aromatic N) is 1. The summed E-state index contributed by atoms with van der Waals surface area (Å²) in [5, 5.41) is 0. The van der Waals surface area contributed by atoms with Gasteiger partial charge in [-0.2, -0.15) is 0 Å². The first-order valence-corrected chi connectivity index (χ1v) is 5.51. The quantitative estimate of drug-likeness (QED) is 0.644. The number of benzene rings is 1. The van der Waals surface area contributed by atoms with Gasteiger partial charge in [0, 0.05) is 11.8 Å². The van der Waals surface area contributed by atoms with Gasteiger partial charge in [-0.25, -0.2) is 0 Å². The Hall–Kier alpha value is -1.37. The fourth-order valence-electron chi connectivity index (χ4n) is 1.37. The third-order valence-electron chi connectivity index (χ3n) is 2.16. The lowest BCUT2D eigenvalue weighted by molar-refractivity contribution is 1.01. The molecule has 0 atom stereocenters. The number of rotatable bonds is 4. The van der Waals surface area contributed by atoms with Crippen molar-refractivity contribution >= 4 is 11.9 Å². The molecular formula is C14H19N. The van der Waals surface area contributed by atoms with Crippen molar-refractivity contribution < 1.29 is 0 Å². The molecule has 0 saturated heterocycles. The van der Waals surface area contributed by atoms with Crippen LogP contribution in [0.1, 0.15) is 39.2 Å². The van der Waals surface area contributed by atoms with Crippen LogP contribution in [-0.4, -0.2) is 6.21 Å². The molecular weight excluding hydrogens is 182 g/mol. The topological polar surface area (TPSA) is 12.4 Å². The smallest absolute Gasteiger partial charge is 0.0684 e. The minimum atomic E-state index is 1.05. The van der Waals surface area contributed by atoms with Gasteiger partial charge in [0.05, 0.1) is 5.70 Å². The van der Waals surface area contributed by atoms with Crippen LogP contribution in [0.2, 0.25) is 0 Å². The summed E-state index contributed by atoms with van der Waals surface area (Å²) in [6, 6.07) is 10.3. The fraction of sp³-hybridized carbons (Fsp3) is 0.357. The van der Waals surface area contributed by atoms with Gasteiger partial charge in [-0.15, -0.1) is 0 Å². The van der Waals surface area contributed by atoms with Gasteiger partial charge in [-0.05, 0) is 20.3 Å². The molecule has 0 fully saturated rings. The molecule has 1 nitrogen and oxygen atoms in total. The second-order valence-corrected chi connectivity index (χ2v) is 3.81. The van der Waals surface area contributed by atoms with E-state index < -0.39 is 0 Å². The van der Waals surface area contributed by atoms with E-state index in [1.165, 1.54) is 11.1 Å². The highest BCUT2D eigenvalue weighted by Gasteiger charge is 1.99. The molecule has 0 heterocycles. The number of hydrogen-bond donors (Lipinski definition) is 0. The van der Waals surface area contributed by atoms with Crippen molar-refractivity contribution in [2.24, 2.45) is 4.99 Å². The Kier molecular flexibility index (Phi) is 4.82. The zero-order valence-electron chi connectivity index (χ0n) is 9.83. The Bertz CT molecular complexity index is 343. The first kappa shape index (κ1) is 11.7. The lowest BCUT2D eigenvalue weighted by Gasteiger charge is -2.04. The maximum Gasteiger partial charge on any atom is 0.0684 e. The minimum Gasteiger partial charge on any atom is -0.261 e. The normalized spacial score (nSPS) is 10.6. The second-order valence-electron chi connectivity index (χ2n) is 3.81. The summed E-state index contributed by atoms with van der Waals surface area (Å²) in [5.74, 6) is 0. The van der Waals surface area contributed by atoms with Crippen LogP contribution in [0.15, 0.2) is 40.9 Å². The Morgan fingerprint density at radius 2 is 1.87 bits per heavy atom. The molecule has 1 aromatic carbocycles. The van der Waals surface area contributed by atoms with E-state index in [1.54, 1.807) is 0 Å². The van der Waals surface area contributed by atoms with E-state index in [4.69, 9.17) is 0 Å². The molecule has 0 radical (unpaired) electrons. The summed E-state index contributed by atoms with van der Waals surface area (Å²) in [6.45, 7) is 6.37. The molecule has 0 amide bonds. The molecule has 0 aliphatic carbocycles. The maximum absolute atomic E-state index is 4.54. The summed E-state index contributed by atoms with van der Waals surface area (Å²) in [6.07, 6.45) is 4.20. The molecule has 0 unspecified atom stereocenters. The highest BCUT2D eigenvalue weighted by Crippen LogP contribution is 2.19. The molecule has 1 aromatic rings. The van der Waals surface area contributed by atoms with Gasteiger partial charge in [0.25, 0.3) is 0 Å². The molecule has 0 aromatic heterocycles. The van der Waals surface area contributed by atoms with Crippen LogP contribution < -0.4 is 0 Å². The zero-order chi connectivity index (χ0) is 11.1. The van der Waals surface area contributed by atoms with Crippen molar-refractivity contribution in [3.05, 3.63) is 41.5 Å². The van der Waals surface area contributed by atoms with Gasteiger partial charge in [-0.3, -0.25) is 4.99 Å². The van der Waals surface area contributed by atoms with E-state index in [-0.39, 0.29) is 0 Å². The van der Waals surface area contributed by atoms with Crippen molar-refractivity contribution in [2.45, 2.75) is 33.6 Å². The Morgan fingerprint density at radius 3 is 2.40 bits per heavy atom. The molecule has 0 bridgehead atoms. The molecule has 0 N–H and O–H groups in total. The average molecular weight is 201 g/mol. The standard InChI is InChI=1S/C14H19N/c1-4-5-11-15-14(12(2)3)13-9-7-6-8-10-13/h6-11H,4-5H2,1-3H3. The molecule has 0 aliphatic rings. The van der Waals surface area contributed by atoms with Gasteiger partial charge >= 0.3 is 0 Å². The Balaban J connectivity index is 2.91. The molecule has 0 spiro atoms. The third kappa shape index (κ3) is 3.70. The summed E-state index contributed by atoms with van der Waals surface area (Å²) >= 11 is 0. The van der Waals surface area contributed by atoms with E-state index in [2.05, 4.69) is 37.9 Å². The van der Waals surface area contributed by atoms with Crippen molar-refractivity contribution in [3.63, 3.8) is 0 Å². The minimum absolute atomic E-state index is 1.05. The Labute approximate surface area is 92.6 Å². The van der Waals surface area contributed by atoms with Gasteiger partial charge in [-0.1, -0.05) is 49.2 Å². The fourth-order valence-corrected chi connectivity index (χ4v) is 1.37. The Morgan fingerprint density at radius 1 is 1.20 bits per heavy atom. The zero-order valence-corrected chi connectivity index (χ0v) is 9.83. The van der Waals surface area contributed by atoms with E-state index in [0.717, 1.165) is 18.5 Å². The first-order valence-electron chi connectivity index (χ1n) is 5.51. The highest BCUT2D eigenvalue weighted by atomic mass is 14.7. The van der Waals surface area contributed by atoms with Gasteiger partial charge in [0.2, 0.25) is 0 Å². The lowest BCUT2D eigenvalue weighted by Crippen LogP contribution is -1.85. The average Bonchev–Trinajstić information content (AvgIpc) is 2.25. The van der Waals surface area contributed by atoms with E-state index in [0.29, 0.717) is 0 Å². The molecule has 1 rings (SSSR count). The molecule has 15 heavy (non-hydrogen) atoms. The summed E-state index contributed by atoms with van der Waals surface area (Å²) < 4.78 is 0. The molecule has 0 saturated carbocycles. The highest BCUT2D eigenvalue weighted by molar-refractivity contribution is 5.75. The molecule has 80 valence electrons. The maximum atomic E-state index is 4.54. The SMILES string of the molecule is CCCC=NC(=C(C)C)c1ccccc1. The number of allylic oxidation sites excluding steroid dienone is 1. The van der Waals surface area contributed by atoms with Crippen molar-refractivity contribution in [2.75, 3.05) is 0 Å². The summed E-state index contributed by atoms with van der Waals surface area (Å²) in [5.41, 5.74) is 3.56.